The lowest BCUT2D eigenvalue weighted by Crippen LogP contribution is -2.50. The molecule has 1 aliphatic heterocycles. The SMILES string of the molecule is COc1ccc(C(OC[C@H]2O[C@@H](n3ccc(NC(C)=O)nc3=O)[C@@H](O[Si](C)(C)C(C)(C)C)[C@@H]2OP(OCCC#N)N(C(C)C)C(C)C)(c2ccccc2)c2ccc(OC)cc2)cc1. The largest absolute Gasteiger partial charge is 0.497 e. The number of amides is 1. The van der Waals surface area contributed by atoms with Crippen molar-refractivity contribution in [3.05, 3.63) is 118 Å². The zero-order valence-corrected chi connectivity index (χ0v) is 40.6. The number of hydrogen-bond donors (Lipinski definition) is 1. The molecule has 1 unspecified atom stereocenters. The second-order valence-electron chi connectivity index (χ2n) is 17.5. The monoisotopic (exact) mass is 901 g/mol. The van der Waals surface area contributed by atoms with Crippen LogP contribution in [-0.4, -0.2) is 86.3 Å². The first-order valence-electron chi connectivity index (χ1n) is 21.3. The first kappa shape index (κ1) is 49.5. The van der Waals surface area contributed by atoms with Crippen molar-refractivity contribution in [3.63, 3.8) is 0 Å². The Morgan fingerprint density at radius 3 is 1.94 bits per heavy atom. The summed E-state index contributed by atoms with van der Waals surface area (Å²) in [5.74, 6) is 1.12. The Hall–Kier alpha value is -4.49. The first-order valence-corrected chi connectivity index (χ1v) is 25.3. The molecular formula is C47H64N5O9PSi. The maximum Gasteiger partial charge on any atom is 0.351 e. The minimum absolute atomic E-state index is 0.00483. The average Bonchev–Trinajstić information content (AvgIpc) is 3.55. The van der Waals surface area contributed by atoms with Crippen molar-refractivity contribution in [2.45, 2.75) is 122 Å². The fourth-order valence-electron chi connectivity index (χ4n) is 7.37. The quantitative estimate of drug-likeness (QED) is 0.0389. The van der Waals surface area contributed by atoms with Crippen molar-refractivity contribution < 1.29 is 37.2 Å². The minimum Gasteiger partial charge on any atom is -0.497 e. The molecule has 1 saturated heterocycles. The molecule has 1 N–H and O–H groups in total. The lowest BCUT2D eigenvalue weighted by molar-refractivity contribution is -0.114. The van der Waals surface area contributed by atoms with Crippen LogP contribution in [0, 0.1) is 11.3 Å². The van der Waals surface area contributed by atoms with Crippen molar-refractivity contribution in [1.82, 2.24) is 14.2 Å². The third-order valence-corrected chi connectivity index (χ3v) is 18.0. The topological polar surface area (TPSA) is 156 Å². The van der Waals surface area contributed by atoms with Crippen LogP contribution in [0.2, 0.25) is 18.1 Å². The van der Waals surface area contributed by atoms with Gasteiger partial charge in [-0.25, -0.2) is 9.46 Å². The molecule has 5 rings (SSSR count). The van der Waals surface area contributed by atoms with Crippen LogP contribution in [0.4, 0.5) is 5.82 Å². The minimum atomic E-state index is -2.66. The Bertz CT molecular complexity index is 2140. The molecule has 2 heterocycles. The lowest BCUT2D eigenvalue weighted by atomic mass is 9.80. The van der Waals surface area contributed by atoms with Crippen molar-refractivity contribution in [2.24, 2.45) is 0 Å². The molecule has 340 valence electrons. The van der Waals surface area contributed by atoms with Crippen molar-refractivity contribution in [2.75, 3.05) is 32.8 Å². The third-order valence-electron chi connectivity index (χ3n) is 11.4. The van der Waals surface area contributed by atoms with Gasteiger partial charge in [-0.2, -0.15) is 10.2 Å². The van der Waals surface area contributed by atoms with Gasteiger partial charge in [-0.1, -0.05) is 75.4 Å². The Labute approximate surface area is 374 Å². The highest BCUT2D eigenvalue weighted by Gasteiger charge is 2.54. The average molecular weight is 902 g/mol. The van der Waals surface area contributed by atoms with E-state index in [2.05, 4.69) is 82.6 Å². The van der Waals surface area contributed by atoms with E-state index < -0.39 is 52.7 Å². The van der Waals surface area contributed by atoms with Crippen molar-refractivity contribution >= 4 is 28.6 Å². The number of nitriles is 1. The molecule has 0 aliphatic carbocycles. The van der Waals surface area contributed by atoms with Crippen LogP contribution >= 0.6 is 8.53 Å². The Morgan fingerprint density at radius 2 is 1.46 bits per heavy atom. The Balaban J connectivity index is 1.74. The fourth-order valence-corrected chi connectivity index (χ4v) is 10.4. The molecule has 0 saturated carbocycles. The number of aromatic nitrogens is 2. The van der Waals surface area contributed by atoms with Crippen LogP contribution in [0.5, 0.6) is 11.5 Å². The van der Waals surface area contributed by atoms with Gasteiger partial charge in [0.25, 0.3) is 8.53 Å². The molecule has 1 amide bonds. The number of carbonyl (C=O) groups excluding carboxylic acids is 1. The third kappa shape index (κ3) is 11.6. The predicted octanol–water partition coefficient (Wildman–Crippen LogP) is 9.18. The van der Waals surface area contributed by atoms with Gasteiger partial charge < -0.3 is 37.7 Å². The number of rotatable bonds is 20. The van der Waals surface area contributed by atoms with E-state index >= 15 is 0 Å². The standard InChI is InChI=1S/C47H64N5O9PSi/c1-32(2)52(33(3)4)62(58-30-16-28-48)60-42-40(59-44(43(42)61-63(11,12)46(6,7)8)51-29-27-41(49-34(5)53)50-45(51)54)31-57-47(35-17-14-13-15-18-35,36-19-23-38(55-9)24-20-36)37-21-25-39(56-10)26-22-37/h13-15,17-27,29,32-33,40,42-44H,16,30-31H2,1-12H3,(H,49,50,53,54)/t40-,42-,43+,44-,62?/m1/s1. The highest BCUT2D eigenvalue weighted by Crippen LogP contribution is 2.52. The van der Waals surface area contributed by atoms with Crippen LogP contribution < -0.4 is 20.5 Å². The highest BCUT2D eigenvalue weighted by atomic mass is 31.2. The van der Waals surface area contributed by atoms with Gasteiger partial charge in [-0.05, 0) is 92.8 Å². The molecule has 14 nitrogen and oxygen atoms in total. The maximum atomic E-state index is 14.0. The summed E-state index contributed by atoms with van der Waals surface area (Å²) in [6, 6.07) is 29.2. The Kier molecular flexibility index (Phi) is 16.9. The van der Waals surface area contributed by atoms with Gasteiger partial charge >= 0.3 is 5.69 Å². The summed E-state index contributed by atoms with van der Waals surface area (Å²) < 4.78 is 50.3. The molecule has 16 heteroatoms. The van der Waals surface area contributed by atoms with Crippen LogP contribution in [-0.2, 0) is 33.3 Å². The number of benzene rings is 3. The Morgan fingerprint density at radius 1 is 0.905 bits per heavy atom. The fraction of sp³-hybridized carbons (Fsp3) is 0.489. The summed E-state index contributed by atoms with van der Waals surface area (Å²) in [6.45, 7) is 20.4. The number of nitrogens with zero attached hydrogens (tertiary/aromatic N) is 4. The molecule has 3 aromatic carbocycles. The zero-order chi connectivity index (χ0) is 46.1. The van der Waals surface area contributed by atoms with Crippen LogP contribution in [0.3, 0.4) is 0 Å². The lowest BCUT2D eigenvalue weighted by Gasteiger charge is -2.42. The summed E-state index contributed by atoms with van der Waals surface area (Å²) in [7, 11) is -1.24. The number of anilines is 1. The van der Waals surface area contributed by atoms with E-state index in [0.29, 0.717) is 11.5 Å². The summed E-state index contributed by atoms with van der Waals surface area (Å²) in [4.78, 5) is 30.2. The smallest absolute Gasteiger partial charge is 0.351 e. The van der Waals surface area contributed by atoms with Crippen molar-refractivity contribution in [3.8, 4) is 17.6 Å². The van der Waals surface area contributed by atoms with E-state index in [4.69, 9.17) is 32.4 Å². The van der Waals surface area contributed by atoms with Gasteiger partial charge in [0, 0.05) is 25.2 Å². The summed E-state index contributed by atoms with van der Waals surface area (Å²) in [5, 5.41) is 11.9. The predicted molar refractivity (Wildman–Crippen MR) is 247 cm³/mol. The van der Waals surface area contributed by atoms with E-state index in [9.17, 15) is 14.9 Å². The van der Waals surface area contributed by atoms with Crippen LogP contribution in [0.25, 0.3) is 0 Å². The molecule has 0 radical (unpaired) electrons. The number of hydrogen-bond acceptors (Lipinski definition) is 12. The van der Waals surface area contributed by atoms with Gasteiger partial charge in [0.1, 0.15) is 41.2 Å². The number of carbonyl (C=O) groups is 1. The van der Waals surface area contributed by atoms with Gasteiger partial charge in [0.05, 0.1) is 39.9 Å². The second kappa shape index (κ2) is 21.5. The van der Waals surface area contributed by atoms with E-state index in [1.54, 1.807) is 26.5 Å². The maximum absolute atomic E-state index is 14.0. The number of nitrogens with one attached hydrogen (secondary N) is 1. The molecule has 63 heavy (non-hydrogen) atoms. The van der Waals surface area contributed by atoms with E-state index in [-0.39, 0.29) is 48.5 Å². The molecule has 1 fully saturated rings. The normalized spacial score (nSPS) is 18.7. The van der Waals surface area contributed by atoms with E-state index in [1.807, 2.05) is 78.9 Å². The van der Waals surface area contributed by atoms with E-state index in [1.165, 1.54) is 11.5 Å². The molecule has 0 bridgehead atoms. The molecular weight excluding hydrogens is 838 g/mol. The summed E-state index contributed by atoms with van der Waals surface area (Å²) >= 11 is 0. The zero-order valence-electron chi connectivity index (χ0n) is 38.7. The molecule has 1 aromatic heterocycles. The van der Waals surface area contributed by atoms with Gasteiger partial charge in [0.2, 0.25) is 5.91 Å². The molecule has 1 aliphatic rings. The molecule has 4 aromatic rings. The highest BCUT2D eigenvalue weighted by molar-refractivity contribution is 7.44. The van der Waals surface area contributed by atoms with Crippen molar-refractivity contribution in [1.29, 1.82) is 5.26 Å². The van der Waals surface area contributed by atoms with Gasteiger partial charge in [-0.3, -0.25) is 9.36 Å². The first-order chi connectivity index (χ1) is 29.9. The summed E-state index contributed by atoms with van der Waals surface area (Å²) in [5.41, 5.74) is 0.633. The second-order valence-corrected chi connectivity index (χ2v) is 23.7. The van der Waals surface area contributed by atoms with E-state index in [0.717, 1.165) is 16.7 Å². The van der Waals surface area contributed by atoms with Gasteiger partial charge in [0.15, 0.2) is 14.5 Å². The van der Waals surface area contributed by atoms with Gasteiger partial charge in [-0.15, -0.1) is 0 Å². The van der Waals surface area contributed by atoms with Crippen LogP contribution in [0.1, 0.15) is 84.7 Å². The van der Waals surface area contributed by atoms with Crippen LogP contribution in [0.15, 0.2) is 95.9 Å². The number of ether oxygens (including phenoxy) is 4. The number of methoxy groups -OCH3 is 2. The molecule has 0 spiro atoms. The molecule has 5 atom stereocenters. The summed E-state index contributed by atoms with van der Waals surface area (Å²) in [6.07, 6.45) is -1.94.